The average molecular weight is 303 g/mol. The van der Waals surface area contributed by atoms with E-state index >= 15 is 0 Å². The monoisotopic (exact) mass is 303 g/mol. The number of hydrogen-bond donors (Lipinski definition) is 0. The predicted molar refractivity (Wildman–Crippen MR) is 89.9 cm³/mol. The third kappa shape index (κ3) is 4.57. The first-order valence-corrected chi connectivity index (χ1v) is 8.35. The summed E-state index contributed by atoms with van der Waals surface area (Å²) in [6.45, 7) is 9.83. The highest BCUT2D eigenvalue weighted by Gasteiger charge is 2.20. The second-order valence-electron chi connectivity index (χ2n) is 6.73. The SMILES string of the molecule is COC(=O)C[C@@H]1CCCN(Cc2c(C)cc(C)cc2C)CC1. The Bertz CT molecular complexity index is 501. The molecule has 22 heavy (non-hydrogen) atoms. The fraction of sp³-hybridized carbons (Fsp3) is 0.632. The first kappa shape index (κ1) is 17.0. The van der Waals surface area contributed by atoms with Gasteiger partial charge in [0.1, 0.15) is 0 Å². The van der Waals surface area contributed by atoms with Crippen LogP contribution in [0.2, 0.25) is 0 Å². The summed E-state index contributed by atoms with van der Waals surface area (Å²) in [6.07, 6.45) is 3.98. The fourth-order valence-electron chi connectivity index (χ4n) is 3.59. The lowest BCUT2D eigenvalue weighted by molar-refractivity contribution is -0.141. The van der Waals surface area contributed by atoms with Crippen LogP contribution < -0.4 is 0 Å². The second-order valence-corrected chi connectivity index (χ2v) is 6.73. The van der Waals surface area contributed by atoms with Crippen LogP contribution in [0.4, 0.5) is 0 Å². The van der Waals surface area contributed by atoms with Crippen LogP contribution in [0.1, 0.15) is 47.9 Å². The van der Waals surface area contributed by atoms with Gasteiger partial charge in [-0.2, -0.15) is 0 Å². The summed E-state index contributed by atoms with van der Waals surface area (Å²) in [4.78, 5) is 14.0. The highest BCUT2D eigenvalue weighted by Crippen LogP contribution is 2.24. The molecule has 0 amide bonds. The van der Waals surface area contributed by atoms with E-state index in [-0.39, 0.29) is 5.97 Å². The molecule has 1 saturated heterocycles. The van der Waals surface area contributed by atoms with Crippen molar-refractivity contribution in [1.29, 1.82) is 0 Å². The highest BCUT2D eigenvalue weighted by molar-refractivity contribution is 5.69. The molecule has 0 radical (unpaired) electrons. The van der Waals surface area contributed by atoms with Crippen LogP contribution in [0, 0.1) is 26.7 Å². The summed E-state index contributed by atoms with van der Waals surface area (Å²) in [7, 11) is 1.48. The summed E-state index contributed by atoms with van der Waals surface area (Å²) < 4.78 is 4.81. The zero-order valence-corrected chi connectivity index (χ0v) is 14.4. The van der Waals surface area contributed by atoms with E-state index in [4.69, 9.17) is 4.74 Å². The number of carbonyl (C=O) groups is 1. The molecule has 0 N–H and O–H groups in total. The third-order valence-corrected chi connectivity index (χ3v) is 4.85. The molecule has 1 aliphatic heterocycles. The molecule has 1 heterocycles. The van der Waals surface area contributed by atoms with Crippen molar-refractivity contribution in [3.8, 4) is 0 Å². The first-order valence-electron chi connectivity index (χ1n) is 8.35. The summed E-state index contributed by atoms with van der Waals surface area (Å²) >= 11 is 0. The van der Waals surface area contributed by atoms with E-state index in [1.807, 2.05) is 0 Å². The number of rotatable bonds is 4. The Balaban J connectivity index is 1.96. The maximum atomic E-state index is 11.5. The summed E-state index contributed by atoms with van der Waals surface area (Å²) in [6, 6.07) is 4.56. The number of hydrogen-bond acceptors (Lipinski definition) is 3. The lowest BCUT2D eigenvalue weighted by atomic mass is 9.97. The van der Waals surface area contributed by atoms with Gasteiger partial charge in [-0.15, -0.1) is 0 Å². The Hall–Kier alpha value is -1.35. The maximum Gasteiger partial charge on any atom is 0.305 e. The van der Waals surface area contributed by atoms with Crippen LogP contribution in [-0.4, -0.2) is 31.1 Å². The molecule has 122 valence electrons. The largest absolute Gasteiger partial charge is 0.469 e. The average Bonchev–Trinajstić information content (AvgIpc) is 2.68. The molecular weight excluding hydrogens is 274 g/mol. The third-order valence-electron chi connectivity index (χ3n) is 4.85. The van der Waals surface area contributed by atoms with Crippen LogP contribution >= 0.6 is 0 Å². The van der Waals surface area contributed by atoms with Crippen LogP contribution in [0.3, 0.4) is 0 Å². The topological polar surface area (TPSA) is 29.5 Å². The molecule has 0 saturated carbocycles. The molecule has 0 aromatic heterocycles. The predicted octanol–water partition coefficient (Wildman–Crippen LogP) is 3.78. The van der Waals surface area contributed by atoms with Crippen molar-refractivity contribution in [3.05, 3.63) is 34.4 Å². The lowest BCUT2D eigenvalue weighted by Gasteiger charge is -2.23. The number of ether oxygens (including phenoxy) is 1. The first-order chi connectivity index (χ1) is 10.5. The molecule has 1 aromatic carbocycles. The second kappa shape index (κ2) is 7.77. The van der Waals surface area contributed by atoms with Gasteiger partial charge in [-0.1, -0.05) is 17.7 Å². The van der Waals surface area contributed by atoms with Crippen LogP contribution in [0.15, 0.2) is 12.1 Å². The zero-order chi connectivity index (χ0) is 16.1. The van der Waals surface area contributed by atoms with Gasteiger partial charge < -0.3 is 4.74 Å². The van der Waals surface area contributed by atoms with Gasteiger partial charge in [-0.05, 0) is 75.7 Å². The van der Waals surface area contributed by atoms with E-state index in [1.165, 1.54) is 35.8 Å². The van der Waals surface area contributed by atoms with Crippen LogP contribution in [-0.2, 0) is 16.1 Å². The molecule has 3 heteroatoms. The van der Waals surface area contributed by atoms with Crippen molar-refractivity contribution in [2.45, 2.75) is 53.0 Å². The zero-order valence-electron chi connectivity index (χ0n) is 14.4. The molecular formula is C19H29NO2. The standard InChI is InChI=1S/C19H29NO2/c1-14-10-15(2)18(16(3)11-14)13-20-8-5-6-17(7-9-20)12-19(21)22-4/h10-11,17H,5-9,12-13H2,1-4H3/t17-/m1/s1. The van der Waals surface area contributed by atoms with Crippen molar-refractivity contribution in [2.24, 2.45) is 5.92 Å². The van der Waals surface area contributed by atoms with E-state index < -0.39 is 0 Å². The Kier molecular flexibility index (Phi) is 6.01. The van der Waals surface area contributed by atoms with Crippen LogP contribution in [0.25, 0.3) is 0 Å². The summed E-state index contributed by atoms with van der Waals surface area (Å²) in [5.41, 5.74) is 5.60. The van der Waals surface area contributed by atoms with Crippen LogP contribution in [0.5, 0.6) is 0 Å². The molecule has 1 aliphatic rings. The van der Waals surface area contributed by atoms with Gasteiger partial charge >= 0.3 is 5.97 Å². The molecule has 0 bridgehead atoms. The number of esters is 1. The van der Waals surface area contributed by atoms with Gasteiger partial charge in [0.15, 0.2) is 0 Å². The minimum absolute atomic E-state index is 0.0660. The molecule has 0 unspecified atom stereocenters. The minimum atomic E-state index is -0.0660. The van der Waals surface area contributed by atoms with Gasteiger partial charge in [-0.3, -0.25) is 9.69 Å². The number of aryl methyl sites for hydroxylation is 3. The van der Waals surface area contributed by atoms with E-state index in [0.717, 1.165) is 32.5 Å². The maximum absolute atomic E-state index is 11.5. The van der Waals surface area contributed by atoms with Crippen molar-refractivity contribution in [3.63, 3.8) is 0 Å². The molecule has 3 nitrogen and oxygen atoms in total. The summed E-state index contributed by atoms with van der Waals surface area (Å²) in [5, 5.41) is 0. The number of likely N-dealkylation sites (tertiary alicyclic amines) is 1. The van der Waals surface area contributed by atoms with Crippen molar-refractivity contribution >= 4 is 5.97 Å². The number of carbonyl (C=O) groups excluding carboxylic acids is 1. The van der Waals surface area contributed by atoms with Gasteiger partial charge in [0, 0.05) is 13.0 Å². The van der Waals surface area contributed by atoms with Gasteiger partial charge in [0.05, 0.1) is 7.11 Å². The molecule has 0 aliphatic carbocycles. The van der Waals surface area contributed by atoms with E-state index in [0.29, 0.717) is 12.3 Å². The van der Waals surface area contributed by atoms with E-state index in [2.05, 4.69) is 37.8 Å². The molecule has 0 spiro atoms. The minimum Gasteiger partial charge on any atom is -0.469 e. The Morgan fingerprint density at radius 3 is 2.50 bits per heavy atom. The fourth-order valence-corrected chi connectivity index (χ4v) is 3.59. The van der Waals surface area contributed by atoms with Crippen molar-refractivity contribution in [1.82, 2.24) is 4.90 Å². The van der Waals surface area contributed by atoms with E-state index in [1.54, 1.807) is 0 Å². The molecule has 1 aromatic rings. The highest BCUT2D eigenvalue weighted by atomic mass is 16.5. The normalized spacial score (nSPS) is 19.7. The quantitative estimate of drug-likeness (QED) is 0.793. The van der Waals surface area contributed by atoms with Gasteiger partial charge in [0.2, 0.25) is 0 Å². The number of nitrogens with zero attached hydrogens (tertiary/aromatic N) is 1. The lowest BCUT2D eigenvalue weighted by Crippen LogP contribution is -2.25. The smallest absolute Gasteiger partial charge is 0.305 e. The number of methoxy groups -OCH3 is 1. The molecule has 2 rings (SSSR count). The van der Waals surface area contributed by atoms with Crippen molar-refractivity contribution < 1.29 is 9.53 Å². The van der Waals surface area contributed by atoms with Gasteiger partial charge in [-0.25, -0.2) is 0 Å². The summed E-state index contributed by atoms with van der Waals surface area (Å²) in [5.74, 6) is 0.418. The Morgan fingerprint density at radius 2 is 1.86 bits per heavy atom. The van der Waals surface area contributed by atoms with E-state index in [9.17, 15) is 4.79 Å². The molecule has 1 fully saturated rings. The molecule has 1 atom stereocenters. The number of benzene rings is 1. The Morgan fingerprint density at radius 1 is 1.18 bits per heavy atom. The van der Waals surface area contributed by atoms with Gasteiger partial charge in [0.25, 0.3) is 0 Å². The van der Waals surface area contributed by atoms with Crippen molar-refractivity contribution in [2.75, 3.05) is 20.2 Å². The Labute approximate surface area is 134 Å².